The second-order valence-electron chi connectivity index (χ2n) is 5.68. The van der Waals surface area contributed by atoms with Gasteiger partial charge in [-0.3, -0.25) is 13.2 Å². The molecular formula is C16H14F3N3O3S2. The second-order valence-corrected chi connectivity index (χ2v) is 8.01. The number of pyridine rings is 1. The quantitative estimate of drug-likeness (QED) is 0.498. The van der Waals surface area contributed by atoms with Crippen LogP contribution in [0.1, 0.15) is 11.3 Å². The molecule has 4 rings (SSSR count). The number of aromatic nitrogens is 3. The summed E-state index contributed by atoms with van der Waals surface area (Å²) >= 11 is 1.46. The fourth-order valence-corrected chi connectivity index (χ4v) is 5.09. The standard InChI is InChI=1S/C16H12F3N3O2S2.H2O/c1-9-10(20-6-5-12(9)24-8-16(17,18)19)7-26(23)15-21-14-11-3-2-4-13(14)25-22(11)15;/h2-6H,7-8H2,1H3;1H2. The number of nitrogens with zero attached hydrogens (tertiary/aromatic N) is 3. The maximum atomic E-state index is 12.8. The Morgan fingerprint density at radius 1 is 1.30 bits per heavy atom. The van der Waals surface area contributed by atoms with Crippen LogP contribution in [0.5, 0.6) is 5.75 Å². The van der Waals surface area contributed by atoms with Gasteiger partial charge in [0.1, 0.15) is 11.3 Å². The highest BCUT2D eigenvalue weighted by atomic mass is 32.2. The van der Waals surface area contributed by atoms with Gasteiger partial charge in [-0.15, -0.1) is 0 Å². The molecule has 3 heterocycles. The lowest BCUT2D eigenvalue weighted by molar-refractivity contribution is -0.153. The summed E-state index contributed by atoms with van der Waals surface area (Å²) in [5.74, 6) is 0.135. The summed E-state index contributed by atoms with van der Waals surface area (Å²) in [5, 5.41) is 0.423. The summed E-state index contributed by atoms with van der Waals surface area (Å²) in [7, 11) is -1.48. The first-order valence-corrected chi connectivity index (χ1v) is 9.65. The van der Waals surface area contributed by atoms with Crippen molar-refractivity contribution in [3.63, 3.8) is 0 Å². The van der Waals surface area contributed by atoms with Gasteiger partial charge in [0.15, 0.2) is 6.61 Å². The average molecular weight is 417 g/mol. The SMILES string of the molecule is Cc1c(OCC(F)(F)F)ccnc1CS(=O)c1nc2c3cccc2n1S3.O. The summed E-state index contributed by atoms with van der Waals surface area (Å²) in [4.78, 5) is 9.60. The summed E-state index contributed by atoms with van der Waals surface area (Å²) in [5.41, 5.74) is 2.58. The molecule has 11 heteroatoms. The molecule has 144 valence electrons. The van der Waals surface area contributed by atoms with Crippen molar-refractivity contribution in [3.05, 3.63) is 41.7 Å². The van der Waals surface area contributed by atoms with E-state index < -0.39 is 23.6 Å². The van der Waals surface area contributed by atoms with Crippen molar-refractivity contribution in [2.45, 2.75) is 28.9 Å². The Bertz CT molecular complexity index is 1040. The van der Waals surface area contributed by atoms with Crippen molar-refractivity contribution in [2.75, 3.05) is 6.61 Å². The molecule has 2 aromatic heterocycles. The van der Waals surface area contributed by atoms with E-state index in [4.69, 9.17) is 4.74 Å². The molecule has 1 atom stereocenters. The largest absolute Gasteiger partial charge is 0.484 e. The molecule has 1 aliphatic heterocycles. The number of hydrogen-bond acceptors (Lipinski definition) is 5. The van der Waals surface area contributed by atoms with Crippen molar-refractivity contribution in [1.29, 1.82) is 0 Å². The van der Waals surface area contributed by atoms with E-state index in [2.05, 4.69) is 9.97 Å². The van der Waals surface area contributed by atoms with Crippen LogP contribution in [0.15, 0.2) is 40.5 Å². The number of rotatable bonds is 5. The van der Waals surface area contributed by atoms with Gasteiger partial charge < -0.3 is 10.2 Å². The Hall–Kier alpha value is -2.11. The van der Waals surface area contributed by atoms with Crippen LogP contribution in [0.25, 0.3) is 11.0 Å². The zero-order valence-electron chi connectivity index (χ0n) is 13.9. The summed E-state index contributed by atoms with van der Waals surface area (Å²) in [6, 6.07) is 7.13. The van der Waals surface area contributed by atoms with Crippen molar-refractivity contribution in [1.82, 2.24) is 13.9 Å². The average Bonchev–Trinajstić information content (AvgIpc) is 3.03. The van der Waals surface area contributed by atoms with E-state index in [-0.39, 0.29) is 17.0 Å². The van der Waals surface area contributed by atoms with E-state index in [9.17, 15) is 17.4 Å². The first kappa shape index (κ1) is 19.6. The summed E-state index contributed by atoms with van der Waals surface area (Å²) in [6.45, 7) is 0.225. The molecular weight excluding hydrogens is 403 g/mol. The molecule has 1 aliphatic rings. The molecule has 0 saturated carbocycles. The van der Waals surface area contributed by atoms with Gasteiger partial charge in [-0.25, -0.2) is 4.98 Å². The zero-order valence-corrected chi connectivity index (χ0v) is 15.5. The summed E-state index contributed by atoms with van der Waals surface area (Å²) in [6.07, 6.45) is -3.07. The minimum absolute atomic E-state index is 0. The molecule has 0 amide bonds. The highest BCUT2D eigenvalue weighted by molar-refractivity contribution is 7.99. The van der Waals surface area contributed by atoms with Gasteiger partial charge in [0.25, 0.3) is 0 Å². The molecule has 0 radical (unpaired) electrons. The normalized spacial score (nSPS) is 13.8. The Labute approximate surface area is 158 Å². The first-order chi connectivity index (χ1) is 12.3. The Balaban J connectivity index is 0.00000210. The van der Waals surface area contributed by atoms with Crippen LogP contribution < -0.4 is 4.74 Å². The minimum Gasteiger partial charge on any atom is -0.484 e. The third kappa shape index (κ3) is 3.66. The van der Waals surface area contributed by atoms with E-state index in [1.165, 1.54) is 24.2 Å². The van der Waals surface area contributed by atoms with Gasteiger partial charge in [0, 0.05) is 11.8 Å². The van der Waals surface area contributed by atoms with E-state index in [1.807, 2.05) is 22.2 Å². The molecule has 0 spiro atoms. The van der Waals surface area contributed by atoms with Crippen molar-refractivity contribution < 1.29 is 27.6 Å². The monoisotopic (exact) mass is 417 g/mol. The molecule has 0 fully saturated rings. The van der Waals surface area contributed by atoms with Crippen LogP contribution >= 0.6 is 11.9 Å². The lowest BCUT2D eigenvalue weighted by atomic mass is 10.2. The predicted octanol–water partition coefficient (Wildman–Crippen LogP) is 3.03. The highest BCUT2D eigenvalue weighted by Crippen LogP contribution is 2.40. The van der Waals surface area contributed by atoms with Crippen molar-refractivity contribution >= 4 is 33.8 Å². The second kappa shape index (κ2) is 7.13. The Morgan fingerprint density at radius 2 is 2.07 bits per heavy atom. The van der Waals surface area contributed by atoms with Crippen molar-refractivity contribution in [3.8, 4) is 5.75 Å². The Kier molecular flexibility index (Phi) is 5.19. The number of benzene rings is 1. The summed E-state index contributed by atoms with van der Waals surface area (Å²) < 4.78 is 56.5. The van der Waals surface area contributed by atoms with Gasteiger partial charge in [0.05, 0.1) is 32.7 Å². The molecule has 1 aromatic carbocycles. The molecule has 1 unspecified atom stereocenters. The van der Waals surface area contributed by atoms with Crippen LogP contribution in [0.3, 0.4) is 0 Å². The fourth-order valence-electron chi connectivity index (χ4n) is 2.64. The van der Waals surface area contributed by atoms with Crippen molar-refractivity contribution in [2.24, 2.45) is 0 Å². The zero-order chi connectivity index (χ0) is 18.5. The maximum absolute atomic E-state index is 12.8. The van der Waals surface area contributed by atoms with Crippen LogP contribution in [-0.4, -0.2) is 36.4 Å². The highest BCUT2D eigenvalue weighted by Gasteiger charge is 2.29. The lowest BCUT2D eigenvalue weighted by Crippen LogP contribution is -2.20. The molecule has 27 heavy (non-hydrogen) atoms. The molecule has 0 aliphatic carbocycles. The number of alkyl halides is 3. The molecule has 6 nitrogen and oxygen atoms in total. The maximum Gasteiger partial charge on any atom is 0.422 e. The number of para-hydroxylation sites is 1. The van der Waals surface area contributed by atoms with Crippen LogP contribution in [0.4, 0.5) is 13.2 Å². The number of hydrogen-bond donors (Lipinski definition) is 0. The smallest absolute Gasteiger partial charge is 0.422 e. The van der Waals surface area contributed by atoms with Gasteiger partial charge in [-0.05, 0) is 37.1 Å². The van der Waals surface area contributed by atoms with Crippen LogP contribution in [-0.2, 0) is 16.6 Å². The molecule has 3 aromatic rings. The first-order valence-electron chi connectivity index (χ1n) is 7.56. The topological polar surface area (TPSA) is 88.5 Å². The Morgan fingerprint density at radius 3 is 2.78 bits per heavy atom. The third-order valence-corrected chi connectivity index (χ3v) is 6.30. The van der Waals surface area contributed by atoms with Crippen LogP contribution in [0, 0.1) is 6.92 Å². The van der Waals surface area contributed by atoms with E-state index >= 15 is 0 Å². The number of halogens is 3. The minimum atomic E-state index is -4.42. The molecule has 4 bridgehead atoms. The van der Waals surface area contributed by atoms with E-state index in [0.29, 0.717) is 16.4 Å². The number of imidazole rings is 1. The van der Waals surface area contributed by atoms with E-state index in [1.54, 1.807) is 6.92 Å². The molecule has 2 N–H and O–H groups in total. The predicted molar refractivity (Wildman–Crippen MR) is 95.2 cm³/mol. The van der Waals surface area contributed by atoms with Crippen LogP contribution in [0.2, 0.25) is 0 Å². The van der Waals surface area contributed by atoms with Gasteiger partial charge in [0.2, 0.25) is 5.16 Å². The van der Waals surface area contributed by atoms with Gasteiger partial charge >= 0.3 is 6.18 Å². The number of ether oxygens (including phenoxy) is 1. The van der Waals surface area contributed by atoms with Gasteiger partial charge in [-0.1, -0.05) is 6.07 Å². The third-order valence-electron chi connectivity index (χ3n) is 3.89. The van der Waals surface area contributed by atoms with E-state index in [0.717, 1.165) is 15.9 Å². The fraction of sp³-hybridized carbons (Fsp3) is 0.250. The van der Waals surface area contributed by atoms with Gasteiger partial charge in [-0.2, -0.15) is 13.2 Å². The molecule has 0 saturated heterocycles. The lowest BCUT2D eigenvalue weighted by Gasteiger charge is -2.13.